The van der Waals surface area contributed by atoms with Gasteiger partial charge in [-0.2, -0.15) is 0 Å². The molecule has 5 rings (SSSR count). The van der Waals surface area contributed by atoms with Crippen LogP contribution >= 0.6 is 0 Å². The Morgan fingerprint density at radius 2 is 1.75 bits per heavy atom. The average molecular weight is 438 g/mol. The highest BCUT2D eigenvalue weighted by Crippen LogP contribution is 2.50. The summed E-state index contributed by atoms with van der Waals surface area (Å²) in [6.45, 7) is 8.40. The van der Waals surface area contributed by atoms with Gasteiger partial charge in [-0.05, 0) is 25.3 Å². The van der Waals surface area contributed by atoms with Gasteiger partial charge in [-0.3, -0.25) is 4.90 Å². The Kier molecular flexibility index (Phi) is 5.87. The van der Waals surface area contributed by atoms with Crippen molar-refractivity contribution >= 4 is 12.0 Å². The van der Waals surface area contributed by atoms with Gasteiger partial charge in [-0.25, -0.2) is 14.8 Å². The lowest BCUT2D eigenvalue weighted by Gasteiger charge is -2.58. The molecule has 1 aromatic heterocycles. The fourth-order valence-corrected chi connectivity index (χ4v) is 5.12. The Labute approximate surface area is 189 Å². The van der Waals surface area contributed by atoms with Gasteiger partial charge in [-0.1, -0.05) is 30.3 Å². The molecule has 3 heterocycles. The predicted octanol–water partition coefficient (Wildman–Crippen LogP) is 2.80. The molecule has 8 heteroatoms. The zero-order valence-corrected chi connectivity index (χ0v) is 18.7. The van der Waals surface area contributed by atoms with Crippen LogP contribution in [0.3, 0.4) is 0 Å². The van der Waals surface area contributed by atoms with Crippen molar-refractivity contribution in [2.24, 2.45) is 5.41 Å². The van der Waals surface area contributed by atoms with E-state index in [-0.39, 0.29) is 12.2 Å². The van der Waals surface area contributed by atoms with Crippen LogP contribution in [-0.2, 0) is 11.3 Å². The second-order valence-corrected chi connectivity index (χ2v) is 9.17. The van der Waals surface area contributed by atoms with Crippen molar-refractivity contribution in [1.82, 2.24) is 19.8 Å². The lowest BCUT2D eigenvalue weighted by molar-refractivity contribution is -0.136. The van der Waals surface area contributed by atoms with E-state index < -0.39 is 0 Å². The van der Waals surface area contributed by atoms with Crippen LogP contribution in [0.25, 0.3) is 0 Å². The van der Waals surface area contributed by atoms with Gasteiger partial charge >= 0.3 is 6.09 Å². The first-order valence-electron chi connectivity index (χ1n) is 11.5. The largest absolute Gasteiger partial charge is 0.491 e. The summed E-state index contributed by atoms with van der Waals surface area (Å²) in [5, 5.41) is 0. The number of amides is 1. The third kappa shape index (κ3) is 4.50. The summed E-state index contributed by atoms with van der Waals surface area (Å²) in [6.07, 6.45) is 5.25. The number of carbonyl (C=O) groups excluding carboxylic acids is 1. The lowest BCUT2D eigenvalue weighted by atomic mass is 9.61. The topological polar surface area (TPSA) is 71.0 Å². The minimum Gasteiger partial charge on any atom is -0.491 e. The van der Waals surface area contributed by atoms with Gasteiger partial charge in [0.15, 0.2) is 5.75 Å². The number of aromatic nitrogens is 2. The van der Waals surface area contributed by atoms with Gasteiger partial charge in [0, 0.05) is 51.2 Å². The number of likely N-dealkylation sites (tertiary alicyclic amines) is 1. The molecule has 2 aliphatic heterocycles. The molecular weight excluding hydrogens is 406 g/mol. The Morgan fingerprint density at radius 1 is 1.06 bits per heavy atom. The Hall–Kier alpha value is -2.87. The summed E-state index contributed by atoms with van der Waals surface area (Å²) >= 11 is 0. The molecule has 3 aliphatic rings. The maximum absolute atomic E-state index is 12.6. The van der Waals surface area contributed by atoms with Gasteiger partial charge in [0.2, 0.25) is 5.95 Å². The van der Waals surface area contributed by atoms with Gasteiger partial charge in [0.1, 0.15) is 6.10 Å². The van der Waals surface area contributed by atoms with Gasteiger partial charge < -0.3 is 19.3 Å². The first kappa shape index (κ1) is 21.0. The van der Waals surface area contributed by atoms with Crippen molar-refractivity contribution < 1.29 is 14.3 Å². The van der Waals surface area contributed by atoms with Crippen LogP contribution in [-0.4, -0.2) is 77.8 Å². The molecule has 0 radical (unpaired) electrons. The first-order chi connectivity index (χ1) is 15.6. The van der Waals surface area contributed by atoms with E-state index in [2.05, 4.69) is 50.1 Å². The standard InChI is InChI=1S/C24H31N5O3/c1-2-31-21-14-25-22(26-15-21)28-8-10-29(11-9-28)23(30)32-20-12-24(13-20)17-27(18-24)16-19-6-4-3-5-7-19/h3-7,14-15,20H,2,8-13,16-18H2,1H3. The molecule has 3 fully saturated rings. The maximum atomic E-state index is 12.6. The van der Waals surface area contributed by atoms with E-state index in [0.29, 0.717) is 49.9 Å². The molecule has 0 unspecified atom stereocenters. The summed E-state index contributed by atoms with van der Waals surface area (Å²) in [5.74, 6) is 1.35. The fraction of sp³-hybridized carbons (Fsp3) is 0.542. The summed E-state index contributed by atoms with van der Waals surface area (Å²) in [7, 11) is 0. The molecule has 0 bridgehead atoms. The molecule has 32 heavy (non-hydrogen) atoms. The minimum atomic E-state index is -0.183. The number of carbonyl (C=O) groups is 1. The summed E-state index contributed by atoms with van der Waals surface area (Å²) in [4.78, 5) is 27.7. The fourth-order valence-electron chi connectivity index (χ4n) is 5.12. The number of piperazine rings is 1. The molecular formula is C24H31N5O3. The van der Waals surface area contributed by atoms with Crippen molar-refractivity contribution in [3.63, 3.8) is 0 Å². The van der Waals surface area contributed by atoms with Crippen molar-refractivity contribution in [3.05, 3.63) is 48.3 Å². The number of benzene rings is 1. The minimum absolute atomic E-state index is 0.0637. The number of anilines is 1. The van der Waals surface area contributed by atoms with E-state index in [4.69, 9.17) is 9.47 Å². The molecule has 170 valence electrons. The molecule has 0 atom stereocenters. The molecule has 1 spiro atoms. The second-order valence-electron chi connectivity index (χ2n) is 9.17. The van der Waals surface area contributed by atoms with Gasteiger partial charge in [0.05, 0.1) is 19.0 Å². The highest BCUT2D eigenvalue weighted by Gasteiger charge is 2.53. The third-order valence-electron chi connectivity index (χ3n) is 6.70. The van der Waals surface area contributed by atoms with Crippen LogP contribution in [0.2, 0.25) is 0 Å². The van der Waals surface area contributed by atoms with E-state index in [9.17, 15) is 4.79 Å². The monoisotopic (exact) mass is 437 g/mol. The molecule has 1 amide bonds. The first-order valence-corrected chi connectivity index (χ1v) is 11.5. The number of hydrogen-bond donors (Lipinski definition) is 0. The van der Waals surface area contributed by atoms with Crippen molar-refractivity contribution in [2.75, 3.05) is 50.8 Å². The molecule has 1 aromatic carbocycles. The quantitative estimate of drug-likeness (QED) is 0.688. The van der Waals surface area contributed by atoms with E-state index in [0.717, 1.165) is 32.5 Å². The molecule has 8 nitrogen and oxygen atoms in total. The predicted molar refractivity (Wildman–Crippen MR) is 121 cm³/mol. The molecule has 2 aromatic rings. The van der Waals surface area contributed by atoms with E-state index >= 15 is 0 Å². The van der Waals surface area contributed by atoms with Crippen molar-refractivity contribution in [3.8, 4) is 5.75 Å². The lowest BCUT2D eigenvalue weighted by Crippen LogP contribution is -2.64. The summed E-state index contributed by atoms with van der Waals surface area (Å²) in [6, 6.07) is 10.6. The zero-order chi connectivity index (χ0) is 22.0. The smallest absolute Gasteiger partial charge is 0.410 e. The molecule has 0 N–H and O–H groups in total. The number of nitrogens with zero attached hydrogens (tertiary/aromatic N) is 5. The highest BCUT2D eigenvalue weighted by molar-refractivity contribution is 5.68. The molecule has 1 saturated carbocycles. The van der Waals surface area contributed by atoms with Gasteiger partial charge in [0.25, 0.3) is 0 Å². The van der Waals surface area contributed by atoms with E-state index in [1.54, 1.807) is 17.3 Å². The van der Waals surface area contributed by atoms with Crippen LogP contribution in [0.5, 0.6) is 5.75 Å². The van der Waals surface area contributed by atoms with Gasteiger partial charge in [-0.15, -0.1) is 0 Å². The summed E-state index contributed by atoms with van der Waals surface area (Å²) < 4.78 is 11.2. The Balaban J connectivity index is 1.02. The number of ether oxygens (including phenoxy) is 2. The van der Waals surface area contributed by atoms with Crippen LogP contribution in [0.15, 0.2) is 42.7 Å². The van der Waals surface area contributed by atoms with Crippen LogP contribution < -0.4 is 9.64 Å². The summed E-state index contributed by atoms with van der Waals surface area (Å²) in [5.41, 5.74) is 1.73. The maximum Gasteiger partial charge on any atom is 0.410 e. The average Bonchev–Trinajstić information content (AvgIpc) is 2.78. The zero-order valence-electron chi connectivity index (χ0n) is 18.7. The number of hydrogen-bond acceptors (Lipinski definition) is 7. The van der Waals surface area contributed by atoms with Crippen LogP contribution in [0.4, 0.5) is 10.7 Å². The van der Waals surface area contributed by atoms with Crippen molar-refractivity contribution in [1.29, 1.82) is 0 Å². The number of rotatable bonds is 6. The highest BCUT2D eigenvalue weighted by atomic mass is 16.6. The third-order valence-corrected chi connectivity index (χ3v) is 6.70. The van der Waals surface area contributed by atoms with Crippen molar-refractivity contribution in [2.45, 2.75) is 32.4 Å². The SMILES string of the molecule is CCOc1cnc(N2CCN(C(=O)OC3CC4(C3)CN(Cc3ccccc3)C4)CC2)nc1. The normalized spacial score (nSPS) is 20.5. The Bertz CT molecular complexity index is 901. The molecule has 2 saturated heterocycles. The van der Waals surface area contributed by atoms with E-state index in [1.165, 1.54) is 5.56 Å². The Morgan fingerprint density at radius 3 is 2.41 bits per heavy atom. The van der Waals surface area contributed by atoms with Crippen LogP contribution in [0.1, 0.15) is 25.3 Å². The van der Waals surface area contributed by atoms with E-state index in [1.807, 2.05) is 6.92 Å². The molecule has 1 aliphatic carbocycles. The second kappa shape index (κ2) is 8.94. The van der Waals surface area contributed by atoms with Crippen LogP contribution in [0, 0.1) is 5.41 Å².